The fraction of sp³-hybridized carbons (Fsp3) is 0.556. The van der Waals surface area contributed by atoms with Crippen LogP contribution in [0, 0.1) is 11.8 Å². The van der Waals surface area contributed by atoms with Gasteiger partial charge < -0.3 is 0 Å². The van der Waals surface area contributed by atoms with Gasteiger partial charge in [-0.1, -0.05) is 0 Å². The molecule has 0 aromatic heterocycles. The molecule has 2 unspecified atom stereocenters. The maximum Gasteiger partial charge on any atom is -0.147 e. The molecule has 0 saturated heterocycles. The third-order valence-electron chi connectivity index (χ3n) is 4.67. The zero-order valence-electron chi connectivity index (χ0n) is 14.7. The summed E-state index contributed by atoms with van der Waals surface area (Å²) >= 11 is -1.28. The minimum absolute atomic E-state index is 0. The number of hydrogen-bond donors (Lipinski definition) is 0. The Morgan fingerprint density at radius 3 is 1.50 bits per heavy atom. The minimum Gasteiger partial charge on any atom is -0.147 e. The van der Waals surface area contributed by atoms with E-state index < -0.39 is 16.6 Å². The smallest absolute Gasteiger partial charge is 0.147 e. The second-order valence-corrected chi connectivity index (χ2v) is 17.9. The van der Waals surface area contributed by atoms with Crippen molar-refractivity contribution in [2.24, 2.45) is 11.8 Å². The molecule has 0 amide bonds. The number of allylic oxidation sites excluding steroid dienone is 8. The molecule has 0 aromatic carbocycles. The van der Waals surface area contributed by atoms with Gasteiger partial charge in [0.05, 0.1) is 0 Å². The van der Waals surface area contributed by atoms with Crippen LogP contribution in [0.4, 0.5) is 0 Å². The first-order valence-corrected chi connectivity index (χ1v) is 14.4. The number of hydrogen-bond acceptors (Lipinski definition) is 0. The van der Waals surface area contributed by atoms with Crippen molar-refractivity contribution in [3.63, 3.8) is 0 Å². The second kappa shape index (κ2) is 9.69. The molecule has 4 heteroatoms. The average Bonchev–Trinajstić information content (AvgIpc) is 2.95. The van der Waals surface area contributed by atoms with Gasteiger partial charge in [-0.25, -0.2) is 0 Å². The molecule has 0 heterocycles. The molecule has 2 rings (SSSR count). The molecule has 2 aliphatic rings. The molecule has 0 radical (unpaired) electrons. The van der Waals surface area contributed by atoms with Gasteiger partial charge in [0, 0.05) is 0 Å². The summed E-state index contributed by atoms with van der Waals surface area (Å²) in [6.45, 7) is 14.6. The van der Waals surface area contributed by atoms with Crippen LogP contribution in [0.15, 0.2) is 43.2 Å². The van der Waals surface area contributed by atoms with Crippen molar-refractivity contribution >= 4 is 31.0 Å². The predicted molar refractivity (Wildman–Crippen MR) is 103 cm³/mol. The molecular formula is C18H30Cl2SiTi. The van der Waals surface area contributed by atoms with Crippen LogP contribution in [-0.4, -0.2) is 6.19 Å². The van der Waals surface area contributed by atoms with Crippen molar-refractivity contribution < 1.29 is 16.6 Å². The topological polar surface area (TPSA) is 0 Å². The SMILES string of the molecule is CCC1C=CC(C)=[C]1[Ti]([C]1=C(C)C=CC1CC)=[Si](C)C.Cl.Cl. The molecule has 2 atom stereocenters. The van der Waals surface area contributed by atoms with E-state index in [9.17, 15) is 0 Å². The first-order valence-electron chi connectivity index (χ1n) is 7.97. The standard InChI is InChI=1S/2C8H11.C2H6Si.2ClH.Ti/c2*1-3-8-5-4-7(2)6-8;1-3-2;;;/h2*4-5,8H,3H2,1-2H3;1-2H3;2*1H;. The molecule has 0 saturated carbocycles. The van der Waals surface area contributed by atoms with Crippen LogP contribution in [-0.2, 0) is 16.6 Å². The summed E-state index contributed by atoms with van der Waals surface area (Å²) in [5, 5.41) is 0. The Morgan fingerprint density at radius 1 is 0.864 bits per heavy atom. The van der Waals surface area contributed by atoms with E-state index in [0.29, 0.717) is 0 Å². The van der Waals surface area contributed by atoms with Gasteiger partial charge in [-0.3, -0.25) is 0 Å². The summed E-state index contributed by atoms with van der Waals surface area (Å²) in [4.78, 5) is 0. The molecule has 0 nitrogen and oxygen atoms in total. The van der Waals surface area contributed by atoms with E-state index in [1.165, 1.54) is 12.8 Å². The Hall–Kier alpha value is 0.471. The van der Waals surface area contributed by atoms with Crippen molar-refractivity contribution in [3.8, 4) is 0 Å². The molecule has 0 spiro atoms. The maximum absolute atomic E-state index is 2.57. The van der Waals surface area contributed by atoms with Crippen LogP contribution < -0.4 is 0 Å². The van der Waals surface area contributed by atoms with E-state index >= 15 is 0 Å². The summed E-state index contributed by atoms with van der Waals surface area (Å²) in [6, 6.07) is 0. The van der Waals surface area contributed by atoms with Crippen molar-refractivity contribution in [2.75, 3.05) is 0 Å². The zero-order chi connectivity index (χ0) is 14.9. The van der Waals surface area contributed by atoms with Gasteiger partial charge in [-0.2, -0.15) is 0 Å². The van der Waals surface area contributed by atoms with Crippen LogP contribution >= 0.6 is 24.8 Å². The Balaban J connectivity index is 0.00000220. The normalized spacial score (nSPS) is 22.8. The molecule has 124 valence electrons. The van der Waals surface area contributed by atoms with E-state index in [1.54, 1.807) is 11.1 Å². The molecule has 0 aliphatic heterocycles. The molecule has 22 heavy (non-hydrogen) atoms. The third kappa shape index (κ3) is 4.30. The van der Waals surface area contributed by atoms with Gasteiger partial charge in [0.15, 0.2) is 0 Å². The van der Waals surface area contributed by atoms with Crippen molar-refractivity contribution in [1.29, 1.82) is 0 Å². The average molecular weight is 393 g/mol. The van der Waals surface area contributed by atoms with E-state index in [0.717, 1.165) is 11.8 Å². The first-order chi connectivity index (χ1) is 9.51. The van der Waals surface area contributed by atoms with Crippen molar-refractivity contribution in [1.82, 2.24) is 0 Å². The Bertz CT molecular complexity index is 520. The quantitative estimate of drug-likeness (QED) is 0.482. The van der Waals surface area contributed by atoms with Gasteiger partial charge >= 0.3 is 131 Å². The summed E-state index contributed by atoms with van der Waals surface area (Å²) in [5.41, 5.74) is 3.22. The van der Waals surface area contributed by atoms with E-state index in [4.69, 9.17) is 0 Å². The zero-order valence-corrected chi connectivity index (χ0v) is 18.9. The molecule has 0 fully saturated rings. The predicted octanol–water partition coefficient (Wildman–Crippen LogP) is 6.44. The fourth-order valence-electron chi connectivity index (χ4n) is 3.61. The van der Waals surface area contributed by atoms with E-state index in [-0.39, 0.29) is 31.0 Å². The molecule has 0 N–H and O–H groups in total. The first kappa shape index (κ1) is 22.5. The summed E-state index contributed by atoms with van der Waals surface area (Å²) in [6.07, 6.45) is 12.1. The van der Waals surface area contributed by atoms with Gasteiger partial charge in [0.25, 0.3) is 0 Å². The molecule has 2 aliphatic carbocycles. The fourth-order valence-corrected chi connectivity index (χ4v) is 16.9. The van der Waals surface area contributed by atoms with Gasteiger partial charge in [0.2, 0.25) is 0 Å². The van der Waals surface area contributed by atoms with Crippen LogP contribution in [0.5, 0.6) is 0 Å². The van der Waals surface area contributed by atoms with Crippen LogP contribution in [0.2, 0.25) is 13.1 Å². The number of rotatable bonds is 4. The summed E-state index contributed by atoms with van der Waals surface area (Å²) in [7, 11) is 0. The van der Waals surface area contributed by atoms with Gasteiger partial charge in [-0.05, 0) is 0 Å². The van der Waals surface area contributed by atoms with Crippen molar-refractivity contribution in [2.45, 2.75) is 53.6 Å². The van der Waals surface area contributed by atoms with Gasteiger partial charge in [0.1, 0.15) is 0 Å². The van der Waals surface area contributed by atoms with E-state index in [1.807, 2.05) is 7.76 Å². The second-order valence-electron chi connectivity index (χ2n) is 6.32. The Kier molecular flexibility index (Phi) is 9.90. The number of halogens is 2. The molecular weight excluding hydrogens is 363 g/mol. The van der Waals surface area contributed by atoms with Gasteiger partial charge in [-0.15, -0.1) is 24.8 Å². The van der Waals surface area contributed by atoms with E-state index in [2.05, 4.69) is 65.1 Å². The monoisotopic (exact) mass is 392 g/mol. The summed E-state index contributed by atoms with van der Waals surface area (Å²) in [5.74, 6) is 1.51. The summed E-state index contributed by atoms with van der Waals surface area (Å²) < 4.78 is 3.81. The minimum atomic E-state index is -1.28. The Labute approximate surface area is 155 Å². The largest absolute Gasteiger partial charge is 0.147 e. The maximum atomic E-state index is 2.57. The van der Waals surface area contributed by atoms with Crippen LogP contribution in [0.25, 0.3) is 0 Å². The third-order valence-corrected chi connectivity index (χ3v) is 16.6. The Morgan fingerprint density at radius 2 is 1.23 bits per heavy atom. The molecule has 0 bridgehead atoms. The van der Waals surface area contributed by atoms with Crippen molar-refractivity contribution in [3.05, 3.63) is 43.2 Å². The van der Waals surface area contributed by atoms with Crippen LogP contribution in [0.1, 0.15) is 40.5 Å². The molecule has 0 aromatic rings. The van der Waals surface area contributed by atoms with Crippen LogP contribution in [0.3, 0.4) is 0 Å².